The first-order valence-corrected chi connectivity index (χ1v) is 43.2. The van der Waals surface area contributed by atoms with Crippen molar-refractivity contribution in [1.29, 1.82) is 0 Å². The molecule has 0 amide bonds. The Hall–Kier alpha value is -10.2. The Morgan fingerprint density at radius 2 is 0.714 bits per heavy atom. The summed E-state index contributed by atoms with van der Waals surface area (Å²) in [5, 5.41) is 36.7. The summed E-state index contributed by atoms with van der Waals surface area (Å²) < 4.78 is 18.8. The SMILES string of the molecule is CC(=O)C=C(C)O.CC(C)CC(=O)C=C(O)CC(C)C.CCC(CC)C(=O)C=C(O)C(CC)CC.Cc1[c-]c(-c2ncnc3cc(C(C)C)ccc23)c2oc3nc(C(C)C)ccc3c2c1.Cc1[c-]c(-c2ncnc3cc(C(C)C)ccc23)c2oc3nc(C(C)C)ccc3c2c1.Cc1[c-]c(-c2ncnc3cc(C(C)C)ccc23)c2oc3nc(C)ccc3c2c1.[Ir].[Ir].[Ir]. The van der Waals surface area contributed by atoms with Crippen LogP contribution in [0, 0.1) is 69.6 Å². The molecule has 0 aliphatic heterocycles. The van der Waals surface area contributed by atoms with Crippen LogP contribution in [0.15, 0.2) is 177 Å². The van der Waals surface area contributed by atoms with Gasteiger partial charge in [0.1, 0.15) is 19.0 Å². The number of aromatic nitrogens is 9. The predicted octanol–water partition coefficient (Wildman–Crippen LogP) is 28.0. The molecule has 0 saturated carbocycles. The van der Waals surface area contributed by atoms with Gasteiger partial charge in [0.15, 0.2) is 17.3 Å². The number of aryl methyl sites for hydroxylation is 4. The first-order chi connectivity index (χ1) is 58.5. The standard InChI is InChI=1S/2C26H24N3O.C24H20N3O.C13H24O2.C11H20O2.C5H8O2.3Ir/c2*1-14(2)17-6-7-19-23(12-17)27-13-28-24(19)21-11-16(5)10-20-18-8-9-22(15(3)4)29-26(18)30-25(20)21;1-13(2)16-6-8-18-21(11-16)25-12-26-22(18)20-10-14(3)9-19-17-7-5-15(4)27-24(17)28-23(19)20;1-5-10(6-2)12(14)9-13(15)11(7-3)8-4;1-8(2)5-10(12)7-11(13)6-9(3)4;1-4(6)3-5(2)7;;;/h2*6-10,12-15H,1-5H3;5-9,11-13H,1-4H3;9-11,14H,5-8H2,1-4H3;7-9,12H,5-6H2,1-4H3;3,6H,1-2H3;;;/q3*-1;;;;;;. The second kappa shape index (κ2) is 46.5. The first kappa shape index (κ1) is 103. The van der Waals surface area contributed by atoms with Crippen LogP contribution in [0.2, 0.25) is 0 Å². The molecule has 21 heteroatoms. The zero-order chi connectivity index (χ0) is 89.5. The molecule has 3 radical (unpaired) electrons. The fraction of sp³-hybridized carbons (Fsp3) is 0.371. The van der Waals surface area contributed by atoms with E-state index in [0.717, 1.165) is 175 Å². The van der Waals surface area contributed by atoms with Gasteiger partial charge in [-0.1, -0.05) is 215 Å². The van der Waals surface area contributed by atoms with Crippen molar-refractivity contribution in [2.24, 2.45) is 23.7 Å². The summed E-state index contributed by atoms with van der Waals surface area (Å²) in [7, 11) is 0. The number of hydrogen-bond donors (Lipinski definition) is 3. The number of ketones is 3. The second-order valence-corrected chi connectivity index (χ2v) is 34.5. The van der Waals surface area contributed by atoms with Crippen molar-refractivity contribution in [2.75, 3.05) is 0 Å². The summed E-state index contributed by atoms with van der Waals surface area (Å²) in [5.74, 6) is 3.49. The molecule has 9 aromatic heterocycles. The molecule has 0 fully saturated rings. The van der Waals surface area contributed by atoms with Crippen LogP contribution in [-0.2, 0) is 74.7 Å². The van der Waals surface area contributed by atoms with E-state index in [1.54, 1.807) is 19.0 Å². The van der Waals surface area contributed by atoms with Crippen LogP contribution in [0.1, 0.15) is 257 Å². The van der Waals surface area contributed by atoms with Crippen molar-refractivity contribution in [3.63, 3.8) is 0 Å². The van der Waals surface area contributed by atoms with Gasteiger partial charge < -0.3 is 28.6 Å². The molecular formula is C105H120Ir3N9O9-3. The molecule has 9 heterocycles. The first-order valence-electron chi connectivity index (χ1n) is 43.2. The van der Waals surface area contributed by atoms with Crippen molar-refractivity contribution in [3.05, 3.63) is 232 Å². The van der Waals surface area contributed by atoms with Gasteiger partial charge in [-0.25, -0.2) is 29.9 Å². The summed E-state index contributed by atoms with van der Waals surface area (Å²) in [5.41, 5.74) is 22.1. The van der Waals surface area contributed by atoms with Crippen LogP contribution in [0.4, 0.5) is 0 Å². The largest absolute Gasteiger partial charge is 0.512 e. The molecule has 0 bridgehead atoms. The Balaban J connectivity index is 0.000000217. The molecule has 15 aromatic rings. The topological polar surface area (TPSA) is 267 Å². The minimum Gasteiger partial charge on any atom is -0.512 e. The van der Waals surface area contributed by atoms with Crippen LogP contribution in [-0.4, -0.2) is 77.5 Å². The van der Waals surface area contributed by atoms with Crippen molar-refractivity contribution in [3.8, 4) is 33.8 Å². The normalized spacial score (nSPS) is 11.8. The van der Waals surface area contributed by atoms with Gasteiger partial charge >= 0.3 is 0 Å². The zero-order valence-electron chi connectivity index (χ0n) is 77.1. The van der Waals surface area contributed by atoms with Crippen LogP contribution in [0.3, 0.4) is 0 Å². The number of carbonyl (C=O) groups excluding carboxylic acids is 3. The van der Waals surface area contributed by atoms with E-state index in [9.17, 15) is 24.6 Å². The van der Waals surface area contributed by atoms with Gasteiger partial charge in [-0.3, -0.25) is 29.3 Å². The third kappa shape index (κ3) is 25.6. The molecular weight excluding hydrogens is 2110 g/mol. The number of pyridine rings is 3. The molecule has 18 nitrogen and oxygen atoms in total. The Bertz CT molecular complexity index is 6200. The Morgan fingerprint density at radius 3 is 1.02 bits per heavy atom. The molecule has 0 aliphatic rings. The molecule has 0 atom stereocenters. The number of aliphatic hydroxyl groups is 3. The molecule has 669 valence electrons. The van der Waals surface area contributed by atoms with E-state index in [4.69, 9.17) is 28.3 Å². The number of aliphatic hydroxyl groups excluding tert-OH is 3. The number of nitrogens with zero attached hydrogens (tertiary/aromatic N) is 9. The summed E-state index contributed by atoms with van der Waals surface area (Å²) in [6.45, 7) is 48.7. The fourth-order valence-corrected chi connectivity index (χ4v) is 14.9. The number of carbonyl (C=O) groups is 3. The summed E-state index contributed by atoms with van der Waals surface area (Å²) >= 11 is 0. The molecule has 126 heavy (non-hydrogen) atoms. The molecule has 15 rings (SSSR count). The predicted molar refractivity (Wildman–Crippen MR) is 502 cm³/mol. The monoisotopic (exact) mass is 2230 g/mol. The van der Waals surface area contributed by atoms with Crippen molar-refractivity contribution < 1.29 is 103 Å². The Labute approximate surface area is 782 Å². The molecule has 0 spiro atoms. The van der Waals surface area contributed by atoms with E-state index in [2.05, 4.69) is 239 Å². The average Bonchev–Trinajstić information content (AvgIpc) is 1.64. The van der Waals surface area contributed by atoms with E-state index in [0.29, 0.717) is 71.4 Å². The zero-order valence-corrected chi connectivity index (χ0v) is 84.3. The molecule has 3 N–H and O–H groups in total. The fourth-order valence-electron chi connectivity index (χ4n) is 14.9. The maximum atomic E-state index is 11.7. The smallest absolute Gasteiger partial charge is 0.216 e. The summed E-state index contributed by atoms with van der Waals surface area (Å²) in [6.07, 6.45) is 13.4. The van der Waals surface area contributed by atoms with Gasteiger partial charge in [0, 0.05) is 154 Å². The van der Waals surface area contributed by atoms with Gasteiger partial charge in [-0.05, 0) is 175 Å². The van der Waals surface area contributed by atoms with Crippen LogP contribution in [0.5, 0.6) is 0 Å². The van der Waals surface area contributed by atoms with E-state index in [1.165, 1.54) is 48.8 Å². The van der Waals surface area contributed by atoms with Gasteiger partial charge in [-0.15, -0.1) is 53.1 Å². The quantitative estimate of drug-likeness (QED) is 0.0343. The van der Waals surface area contributed by atoms with Gasteiger partial charge in [-0.2, -0.15) is 0 Å². The van der Waals surface area contributed by atoms with E-state index in [1.807, 2.05) is 75.3 Å². The molecule has 0 unspecified atom stereocenters. The summed E-state index contributed by atoms with van der Waals surface area (Å²) in [4.78, 5) is 74.4. The summed E-state index contributed by atoms with van der Waals surface area (Å²) in [6, 6.07) is 48.4. The average molecular weight is 2230 g/mol. The minimum absolute atomic E-state index is 0. The van der Waals surface area contributed by atoms with Crippen LogP contribution in [0.25, 0.3) is 133 Å². The number of fused-ring (bicyclic) bond motifs is 12. The third-order valence-corrected chi connectivity index (χ3v) is 21.6. The van der Waals surface area contributed by atoms with Crippen LogP contribution >= 0.6 is 0 Å². The van der Waals surface area contributed by atoms with Gasteiger partial charge in [0.2, 0.25) is 17.1 Å². The Kier molecular flexibility index (Phi) is 37.9. The molecule has 0 aliphatic carbocycles. The number of rotatable bonds is 21. The van der Waals surface area contributed by atoms with E-state index < -0.39 is 0 Å². The minimum atomic E-state index is -0.125. The molecule has 6 aromatic carbocycles. The van der Waals surface area contributed by atoms with Crippen molar-refractivity contribution >= 4 is 116 Å². The number of hydrogen-bond acceptors (Lipinski definition) is 18. The van der Waals surface area contributed by atoms with Gasteiger partial charge in [0.05, 0.1) is 50.6 Å². The van der Waals surface area contributed by atoms with Crippen molar-refractivity contribution in [1.82, 2.24) is 44.9 Å². The van der Waals surface area contributed by atoms with Crippen LogP contribution < -0.4 is 0 Å². The number of benzene rings is 6. The third-order valence-electron chi connectivity index (χ3n) is 21.6. The maximum Gasteiger partial charge on any atom is 0.216 e. The maximum absolute atomic E-state index is 11.7. The van der Waals surface area contributed by atoms with Crippen molar-refractivity contribution in [2.45, 2.75) is 234 Å². The Morgan fingerprint density at radius 1 is 0.381 bits per heavy atom. The molecule has 0 saturated heterocycles. The second-order valence-electron chi connectivity index (χ2n) is 34.5. The van der Waals surface area contributed by atoms with E-state index in [-0.39, 0.29) is 107 Å². The van der Waals surface area contributed by atoms with Gasteiger partial charge in [0.25, 0.3) is 0 Å². The number of furan rings is 3. The van der Waals surface area contributed by atoms with E-state index >= 15 is 0 Å². The number of allylic oxidation sites excluding steroid dienone is 6.